The third-order valence-corrected chi connectivity index (χ3v) is 5.41. The largest absolute Gasteiger partial charge is 0.385 e. The summed E-state index contributed by atoms with van der Waals surface area (Å²) in [4.78, 5) is 23.5. The van der Waals surface area contributed by atoms with Crippen molar-refractivity contribution in [3.8, 4) is 0 Å². The van der Waals surface area contributed by atoms with Gasteiger partial charge in [0.2, 0.25) is 0 Å². The van der Waals surface area contributed by atoms with Crippen LogP contribution >= 0.6 is 0 Å². The van der Waals surface area contributed by atoms with Crippen molar-refractivity contribution in [2.45, 2.75) is 38.3 Å². The van der Waals surface area contributed by atoms with Crippen LogP contribution in [-0.2, 0) is 5.60 Å². The lowest BCUT2D eigenvalue weighted by atomic mass is 9.84. The van der Waals surface area contributed by atoms with Gasteiger partial charge >= 0.3 is 0 Å². The summed E-state index contributed by atoms with van der Waals surface area (Å²) in [6.45, 7) is 5.18. The highest BCUT2D eigenvalue weighted by molar-refractivity contribution is 5.96. The highest BCUT2D eigenvalue weighted by Gasteiger charge is 2.35. The number of rotatable bonds is 3. The van der Waals surface area contributed by atoms with Crippen molar-refractivity contribution in [1.29, 1.82) is 0 Å². The smallest absolute Gasteiger partial charge is 0.255 e. The lowest BCUT2D eigenvalue weighted by Gasteiger charge is -2.38. The van der Waals surface area contributed by atoms with E-state index in [1.54, 1.807) is 17.4 Å². The van der Waals surface area contributed by atoms with Crippen LogP contribution in [0.5, 0.6) is 0 Å². The van der Waals surface area contributed by atoms with E-state index < -0.39 is 5.60 Å². The monoisotopic (exact) mass is 364 g/mol. The van der Waals surface area contributed by atoms with Crippen LogP contribution in [-0.4, -0.2) is 43.5 Å². The number of hydrogen-bond acceptors (Lipinski definition) is 4. The van der Waals surface area contributed by atoms with Crippen molar-refractivity contribution in [2.75, 3.05) is 13.1 Å². The van der Waals surface area contributed by atoms with Gasteiger partial charge in [0.05, 0.1) is 17.5 Å². The number of nitrogens with zero attached hydrogens (tertiary/aromatic N) is 4. The van der Waals surface area contributed by atoms with Crippen molar-refractivity contribution in [3.05, 3.63) is 60.0 Å². The summed E-state index contributed by atoms with van der Waals surface area (Å²) < 4.78 is 1.99. The molecule has 0 spiro atoms. The number of aliphatic hydroxyl groups is 1. The van der Waals surface area contributed by atoms with Crippen LogP contribution in [0.2, 0.25) is 0 Å². The third kappa shape index (κ3) is 3.21. The third-order valence-electron chi connectivity index (χ3n) is 5.41. The zero-order valence-electron chi connectivity index (χ0n) is 15.7. The molecular formula is C21H24N4O2. The molecule has 6 nitrogen and oxygen atoms in total. The van der Waals surface area contributed by atoms with Crippen LogP contribution in [0.1, 0.15) is 48.7 Å². The van der Waals surface area contributed by atoms with Crippen molar-refractivity contribution < 1.29 is 9.90 Å². The summed E-state index contributed by atoms with van der Waals surface area (Å²) in [7, 11) is 0. The molecule has 1 amide bonds. The lowest BCUT2D eigenvalue weighted by Crippen LogP contribution is -2.45. The second-order valence-electron chi connectivity index (χ2n) is 7.50. The van der Waals surface area contributed by atoms with E-state index in [1.165, 1.54) is 0 Å². The molecule has 1 aromatic carbocycles. The molecule has 3 aromatic rings. The zero-order valence-corrected chi connectivity index (χ0v) is 15.7. The maximum atomic E-state index is 12.9. The molecule has 1 saturated heterocycles. The van der Waals surface area contributed by atoms with E-state index in [-0.39, 0.29) is 11.9 Å². The SMILES string of the molecule is CC(C)n1cnc2cc(C(=O)N3CCC(O)(c4ccccc4)CC3)cnc21. The molecule has 0 unspecified atom stereocenters. The molecular weight excluding hydrogens is 340 g/mol. The molecule has 2 aromatic heterocycles. The quantitative estimate of drug-likeness (QED) is 0.775. The first-order chi connectivity index (χ1) is 13.0. The highest BCUT2D eigenvalue weighted by Crippen LogP contribution is 2.33. The van der Waals surface area contributed by atoms with Gasteiger partial charge in [-0.1, -0.05) is 30.3 Å². The van der Waals surface area contributed by atoms with Gasteiger partial charge in [-0.2, -0.15) is 0 Å². The Bertz CT molecular complexity index is 957. The molecule has 140 valence electrons. The van der Waals surface area contributed by atoms with E-state index in [9.17, 15) is 9.90 Å². The maximum absolute atomic E-state index is 12.9. The number of likely N-dealkylation sites (tertiary alicyclic amines) is 1. The predicted octanol–water partition coefficient (Wildman–Crippen LogP) is 3.14. The van der Waals surface area contributed by atoms with Gasteiger partial charge in [0.15, 0.2) is 5.65 Å². The number of fused-ring (bicyclic) bond motifs is 1. The molecule has 1 N–H and O–H groups in total. The molecule has 6 heteroatoms. The van der Waals surface area contributed by atoms with Crippen molar-refractivity contribution >= 4 is 17.1 Å². The number of piperidine rings is 1. The van der Waals surface area contributed by atoms with Gasteiger partial charge in [0.25, 0.3) is 5.91 Å². The number of hydrogen-bond donors (Lipinski definition) is 1. The number of aromatic nitrogens is 3. The Kier molecular flexibility index (Phi) is 4.44. The van der Waals surface area contributed by atoms with Crippen molar-refractivity contribution in [3.63, 3.8) is 0 Å². The number of imidazole rings is 1. The van der Waals surface area contributed by atoms with Crippen LogP contribution in [0, 0.1) is 0 Å². The highest BCUT2D eigenvalue weighted by atomic mass is 16.3. The molecule has 0 bridgehead atoms. The zero-order chi connectivity index (χ0) is 19.0. The first-order valence-electron chi connectivity index (χ1n) is 9.38. The standard InChI is InChI=1S/C21H24N4O2/c1-15(2)25-14-23-18-12-16(13-22-19(18)25)20(26)24-10-8-21(27,9-11-24)17-6-4-3-5-7-17/h3-7,12-15,27H,8-11H2,1-2H3. The summed E-state index contributed by atoms with van der Waals surface area (Å²) in [5.41, 5.74) is 2.11. The van der Waals surface area contributed by atoms with Gasteiger partial charge < -0.3 is 14.6 Å². The molecule has 4 rings (SSSR count). The summed E-state index contributed by atoms with van der Waals surface area (Å²) in [6, 6.07) is 11.8. The number of carbonyl (C=O) groups is 1. The van der Waals surface area contributed by atoms with Gasteiger partial charge in [-0.3, -0.25) is 4.79 Å². The first kappa shape index (κ1) is 17.7. The number of carbonyl (C=O) groups excluding carboxylic acids is 1. The Morgan fingerprint density at radius 3 is 2.52 bits per heavy atom. The Labute approximate surface area is 158 Å². The Morgan fingerprint density at radius 1 is 1.15 bits per heavy atom. The van der Waals surface area contributed by atoms with Gasteiger partial charge in [-0.25, -0.2) is 9.97 Å². The summed E-state index contributed by atoms with van der Waals surface area (Å²) in [6.07, 6.45) is 4.45. The Hall–Kier alpha value is -2.73. The fraction of sp³-hybridized carbons (Fsp3) is 0.381. The van der Waals surface area contributed by atoms with Gasteiger partial charge in [-0.05, 0) is 38.3 Å². The van der Waals surface area contributed by atoms with E-state index in [2.05, 4.69) is 23.8 Å². The van der Waals surface area contributed by atoms with E-state index >= 15 is 0 Å². The summed E-state index contributed by atoms with van der Waals surface area (Å²) >= 11 is 0. The Balaban J connectivity index is 1.50. The van der Waals surface area contributed by atoms with E-state index in [4.69, 9.17) is 0 Å². The normalized spacial score (nSPS) is 16.8. The van der Waals surface area contributed by atoms with E-state index in [0.717, 1.165) is 16.7 Å². The van der Waals surface area contributed by atoms with E-state index in [0.29, 0.717) is 31.5 Å². The minimum Gasteiger partial charge on any atom is -0.385 e. The average Bonchev–Trinajstić information content (AvgIpc) is 3.12. The molecule has 0 saturated carbocycles. The fourth-order valence-electron chi connectivity index (χ4n) is 3.71. The summed E-state index contributed by atoms with van der Waals surface area (Å²) in [5.74, 6) is -0.0568. The molecule has 3 heterocycles. The second-order valence-corrected chi connectivity index (χ2v) is 7.50. The molecule has 1 fully saturated rings. The average molecular weight is 364 g/mol. The predicted molar refractivity (Wildman–Crippen MR) is 103 cm³/mol. The molecule has 0 atom stereocenters. The fourth-order valence-corrected chi connectivity index (χ4v) is 3.71. The molecule has 1 aliphatic heterocycles. The van der Waals surface area contributed by atoms with Gasteiger partial charge in [-0.15, -0.1) is 0 Å². The molecule has 0 radical (unpaired) electrons. The number of benzene rings is 1. The topological polar surface area (TPSA) is 71.2 Å². The second kappa shape index (κ2) is 6.78. The van der Waals surface area contributed by atoms with Gasteiger partial charge in [0, 0.05) is 25.3 Å². The van der Waals surface area contributed by atoms with Crippen molar-refractivity contribution in [1.82, 2.24) is 19.4 Å². The van der Waals surface area contributed by atoms with E-state index in [1.807, 2.05) is 41.0 Å². The molecule has 0 aliphatic carbocycles. The first-order valence-corrected chi connectivity index (χ1v) is 9.38. The Morgan fingerprint density at radius 2 is 1.85 bits per heavy atom. The van der Waals surface area contributed by atoms with Crippen LogP contribution in [0.25, 0.3) is 11.2 Å². The minimum atomic E-state index is -0.865. The lowest BCUT2D eigenvalue weighted by molar-refractivity contribution is -0.0211. The minimum absolute atomic E-state index is 0.0568. The maximum Gasteiger partial charge on any atom is 0.255 e. The number of amides is 1. The van der Waals surface area contributed by atoms with Crippen LogP contribution in [0.4, 0.5) is 0 Å². The van der Waals surface area contributed by atoms with Crippen molar-refractivity contribution in [2.24, 2.45) is 0 Å². The molecule has 27 heavy (non-hydrogen) atoms. The van der Waals surface area contributed by atoms with Crippen LogP contribution in [0.3, 0.4) is 0 Å². The molecule has 1 aliphatic rings. The van der Waals surface area contributed by atoms with Crippen LogP contribution < -0.4 is 0 Å². The number of pyridine rings is 1. The van der Waals surface area contributed by atoms with Crippen LogP contribution in [0.15, 0.2) is 48.9 Å². The van der Waals surface area contributed by atoms with Gasteiger partial charge in [0.1, 0.15) is 5.52 Å². The summed E-state index contributed by atoms with van der Waals surface area (Å²) in [5, 5.41) is 10.9.